The fraction of sp³-hybridized carbons (Fsp3) is 0.438. The maximum atomic E-state index is 12.6. The van der Waals surface area contributed by atoms with Crippen molar-refractivity contribution in [1.29, 1.82) is 0 Å². The fourth-order valence-corrected chi connectivity index (χ4v) is 2.64. The smallest absolute Gasteiger partial charge is 0.318 e. The average Bonchev–Trinajstić information content (AvgIpc) is 2.60. The highest BCUT2D eigenvalue weighted by atomic mass is 16.5. The summed E-state index contributed by atoms with van der Waals surface area (Å²) in [5.74, 6) is 0.494. The molecule has 9 heteroatoms. The molecule has 1 aromatic rings. The number of imide groups is 1. The number of ether oxygens (including phenoxy) is 2. The van der Waals surface area contributed by atoms with Crippen molar-refractivity contribution in [3.63, 3.8) is 0 Å². The summed E-state index contributed by atoms with van der Waals surface area (Å²) in [4.78, 5) is 38.4. The lowest BCUT2D eigenvalue weighted by Gasteiger charge is -2.34. The van der Waals surface area contributed by atoms with Gasteiger partial charge in [-0.05, 0) is 18.2 Å². The molecule has 0 radical (unpaired) electrons. The van der Waals surface area contributed by atoms with Crippen LogP contribution >= 0.6 is 0 Å². The number of piperazine rings is 1. The molecule has 9 nitrogen and oxygen atoms in total. The van der Waals surface area contributed by atoms with Crippen molar-refractivity contribution in [3.05, 3.63) is 23.8 Å². The molecule has 0 aliphatic carbocycles. The van der Waals surface area contributed by atoms with Crippen LogP contribution in [0, 0.1) is 0 Å². The zero-order valence-corrected chi connectivity index (χ0v) is 14.3. The Morgan fingerprint density at radius 3 is 2.28 bits per heavy atom. The van der Waals surface area contributed by atoms with Gasteiger partial charge in [0.25, 0.3) is 5.91 Å². The SMILES string of the molecule is COc1ccc(C(=O)N2CCN(CC(=O)NC(N)=O)CC2)cc1OC. The van der Waals surface area contributed by atoms with Gasteiger partial charge in [-0.1, -0.05) is 0 Å². The van der Waals surface area contributed by atoms with Gasteiger partial charge in [-0.15, -0.1) is 0 Å². The van der Waals surface area contributed by atoms with Gasteiger partial charge < -0.3 is 20.1 Å². The minimum Gasteiger partial charge on any atom is -0.493 e. The lowest BCUT2D eigenvalue weighted by Crippen LogP contribution is -2.51. The van der Waals surface area contributed by atoms with E-state index < -0.39 is 11.9 Å². The highest BCUT2D eigenvalue weighted by Crippen LogP contribution is 2.28. The number of urea groups is 1. The van der Waals surface area contributed by atoms with E-state index in [0.29, 0.717) is 43.2 Å². The summed E-state index contributed by atoms with van der Waals surface area (Å²) >= 11 is 0. The molecule has 0 atom stereocenters. The van der Waals surface area contributed by atoms with Crippen molar-refractivity contribution in [1.82, 2.24) is 15.1 Å². The van der Waals surface area contributed by atoms with Crippen LogP contribution in [0.1, 0.15) is 10.4 Å². The van der Waals surface area contributed by atoms with Gasteiger partial charge in [-0.2, -0.15) is 0 Å². The van der Waals surface area contributed by atoms with Crippen molar-refractivity contribution in [2.75, 3.05) is 46.9 Å². The van der Waals surface area contributed by atoms with E-state index in [9.17, 15) is 14.4 Å². The minimum absolute atomic E-state index is 0.0708. The molecule has 0 bridgehead atoms. The van der Waals surface area contributed by atoms with Crippen molar-refractivity contribution in [2.45, 2.75) is 0 Å². The summed E-state index contributed by atoms with van der Waals surface area (Å²) in [6, 6.07) is 4.16. The number of benzene rings is 1. The molecular formula is C16H22N4O5. The second-order valence-electron chi connectivity index (χ2n) is 5.55. The third-order valence-electron chi connectivity index (χ3n) is 3.92. The summed E-state index contributed by atoms with van der Waals surface area (Å²) in [6.45, 7) is 2.10. The Labute approximate surface area is 145 Å². The standard InChI is InChI=1S/C16H22N4O5/c1-24-12-4-3-11(9-13(12)25-2)15(22)20-7-5-19(6-8-20)10-14(21)18-16(17)23/h3-4,9H,5-8,10H2,1-2H3,(H3,17,18,21,23). The number of hydrogen-bond acceptors (Lipinski definition) is 6. The molecule has 136 valence electrons. The van der Waals surface area contributed by atoms with Crippen molar-refractivity contribution >= 4 is 17.8 Å². The molecule has 0 aromatic heterocycles. The molecule has 1 aromatic carbocycles. The van der Waals surface area contributed by atoms with Crippen LogP contribution in [0.15, 0.2) is 18.2 Å². The number of carbonyl (C=O) groups is 3. The predicted octanol–water partition coefficient (Wildman–Crippen LogP) is -0.343. The molecular weight excluding hydrogens is 328 g/mol. The predicted molar refractivity (Wildman–Crippen MR) is 89.6 cm³/mol. The molecule has 0 saturated carbocycles. The van der Waals surface area contributed by atoms with Gasteiger partial charge in [0.2, 0.25) is 5.91 Å². The van der Waals surface area contributed by atoms with Crippen LogP contribution in [0.3, 0.4) is 0 Å². The van der Waals surface area contributed by atoms with Gasteiger partial charge in [0.05, 0.1) is 20.8 Å². The van der Waals surface area contributed by atoms with E-state index in [1.165, 1.54) is 14.2 Å². The van der Waals surface area contributed by atoms with Crippen LogP contribution in [0.2, 0.25) is 0 Å². The average molecular weight is 350 g/mol. The zero-order chi connectivity index (χ0) is 18.4. The summed E-state index contributed by atoms with van der Waals surface area (Å²) in [5.41, 5.74) is 5.42. The first kappa shape index (κ1) is 18.5. The molecule has 2 rings (SSSR count). The molecule has 1 heterocycles. The van der Waals surface area contributed by atoms with Crippen molar-refractivity contribution < 1.29 is 23.9 Å². The lowest BCUT2D eigenvalue weighted by molar-refractivity contribution is -0.121. The Kier molecular flexibility index (Phi) is 6.18. The highest BCUT2D eigenvalue weighted by Gasteiger charge is 2.24. The first-order valence-electron chi connectivity index (χ1n) is 7.77. The van der Waals surface area contributed by atoms with E-state index in [4.69, 9.17) is 15.2 Å². The van der Waals surface area contributed by atoms with Gasteiger partial charge in [0, 0.05) is 31.7 Å². The number of primary amides is 1. The molecule has 1 aliphatic rings. The Morgan fingerprint density at radius 1 is 1.08 bits per heavy atom. The van der Waals surface area contributed by atoms with Gasteiger partial charge >= 0.3 is 6.03 Å². The number of methoxy groups -OCH3 is 2. The van der Waals surface area contributed by atoms with E-state index in [2.05, 4.69) is 0 Å². The second-order valence-corrected chi connectivity index (χ2v) is 5.55. The number of rotatable bonds is 5. The zero-order valence-electron chi connectivity index (χ0n) is 14.3. The lowest BCUT2D eigenvalue weighted by atomic mass is 10.1. The van der Waals surface area contributed by atoms with Crippen LogP contribution in [-0.4, -0.2) is 74.6 Å². The number of amides is 4. The Morgan fingerprint density at radius 2 is 1.72 bits per heavy atom. The molecule has 4 amide bonds. The summed E-state index contributed by atoms with van der Waals surface area (Å²) in [6.07, 6.45) is 0. The summed E-state index contributed by atoms with van der Waals surface area (Å²) in [5, 5.41) is 2.03. The van der Waals surface area contributed by atoms with E-state index in [1.54, 1.807) is 23.1 Å². The third kappa shape index (κ3) is 4.83. The van der Waals surface area contributed by atoms with Gasteiger partial charge in [-0.25, -0.2) is 4.79 Å². The van der Waals surface area contributed by atoms with Crippen LogP contribution in [0.4, 0.5) is 4.79 Å². The van der Waals surface area contributed by atoms with Crippen molar-refractivity contribution in [2.24, 2.45) is 5.73 Å². The van der Waals surface area contributed by atoms with E-state index >= 15 is 0 Å². The van der Waals surface area contributed by atoms with Gasteiger partial charge in [0.1, 0.15) is 0 Å². The number of nitrogens with zero attached hydrogens (tertiary/aromatic N) is 2. The molecule has 0 spiro atoms. The molecule has 0 unspecified atom stereocenters. The number of hydrogen-bond donors (Lipinski definition) is 2. The molecule has 1 fully saturated rings. The number of nitrogens with two attached hydrogens (primary N) is 1. The Bertz CT molecular complexity index is 656. The highest BCUT2D eigenvalue weighted by molar-refractivity contribution is 5.95. The maximum Gasteiger partial charge on any atom is 0.318 e. The molecule has 25 heavy (non-hydrogen) atoms. The van der Waals surface area contributed by atoms with E-state index in [0.717, 1.165) is 0 Å². The molecule has 1 saturated heterocycles. The van der Waals surface area contributed by atoms with Gasteiger partial charge in [0.15, 0.2) is 11.5 Å². The third-order valence-corrected chi connectivity index (χ3v) is 3.92. The number of carbonyl (C=O) groups excluding carboxylic acids is 3. The van der Waals surface area contributed by atoms with Gasteiger partial charge in [-0.3, -0.25) is 19.8 Å². The largest absolute Gasteiger partial charge is 0.493 e. The van der Waals surface area contributed by atoms with Crippen molar-refractivity contribution in [3.8, 4) is 11.5 Å². The normalized spacial score (nSPS) is 14.7. The van der Waals surface area contributed by atoms with E-state index in [1.807, 2.05) is 10.2 Å². The van der Waals surface area contributed by atoms with E-state index in [-0.39, 0.29) is 12.5 Å². The topological polar surface area (TPSA) is 114 Å². The Balaban J connectivity index is 1.93. The van der Waals surface area contributed by atoms with Crippen LogP contribution in [-0.2, 0) is 4.79 Å². The second kappa shape index (κ2) is 8.34. The molecule has 3 N–H and O–H groups in total. The minimum atomic E-state index is -0.868. The number of nitrogens with one attached hydrogen (secondary N) is 1. The maximum absolute atomic E-state index is 12.6. The van der Waals surface area contributed by atoms with Crippen LogP contribution in [0.5, 0.6) is 11.5 Å². The monoisotopic (exact) mass is 350 g/mol. The quantitative estimate of drug-likeness (QED) is 0.751. The first-order valence-corrected chi connectivity index (χ1v) is 7.77. The molecule has 1 aliphatic heterocycles. The summed E-state index contributed by atoms with van der Waals surface area (Å²) < 4.78 is 10.4. The first-order chi connectivity index (χ1) is 11.9. The van der Waals surface area contributed by atoms with Crippen LogP contribution < -0.4 is 20.5 Å². The summed E-state index contributed by atoms with van der Waals surface area (Å²) in [7, 11) is 3.05. The van der Waals surface area contributed by atoms with Crippen LogP contribution in [0.25, 0.3) is 0 Å². The Hall–Kier alpha value is -2.81. The fourth-order valence-electron chi connectivity index (χ4n) is 2.64.